The Hall–Kier alpha value is -3.54. The van der Waals surface area contributed by atoms with E-state index in [0.29, 0.717) is 12.1 Å². The largest absolute Gasteiger partial charge is 0.348 e. The molecule has 26 heavy (non-hydrogen) atoms. The molecule has 1 N–H and O–H groups in total. The van der Waals surface area contributed by atoms with Gasteiger partial charge in [-0.25, -0.2) is 9.97 Å². The van der Waals surface area contributed by atoms with E-state index in [2.05, 4.69) is 20.3 Å². The molecular weight excluding hydrogens is 326 g/mol. The van der Waals surface area contributed by atoms with Crippen molar-refractivity contribution < 1.29 is 4.79 Å². The summed E-state index contributed by atoms with van der Waals surface area (Å²) in [5.41, 5.74) is 3.12. The number of para-hydroxylation sites is 1. The second-order valence-corrected chi connectivity index (χ2v) is 5.99. The molecule has 0 saturated carbocycles. The number of carbonyl (C=O) groups is 1. The van der Waals surface area contributed by atoms with Gasteiger partial charge in [-0.1, -0.05) is 24.3 Å². The van der Waals surface area contributed by atoms with Gasteiger partial charge in [0.1, 0.15) is 12.1 Å². The van der Waals surface area contributed by atoms with Gasteiger partial charge in [0.05, 0.1) is 16.8 Å². The third-order valence-corrected chi connectivity index (χ3v) is 4.19. The first-order valence-electron chi connectivity index (χ1n) is 8.28. The zero-order chi connectivity index (χ0) is 17.9. The van der Waals surface area contributed by atoms with Crippen LogP contribution in [0.15, 0.2) is 67.4 Å². The molecule has 128 valence electrons. The van der Waals surface area contributed by atoms with Gasteiger partial charge in [-0.05, 0) is 30.7 Å². The van der Waals surface area contributed by atoms with E-state index in [4.69, 9.17) is 0 Å². The highest BCUT2D eigenvalue weighted by atomic mass is 16.1. The Balaban J connectivity index is 1.48. The van der Waals surface area contributed by atoms with Crippen molar-refractivity contribution in [2.24, 2.45) is 0 Å². The van der Waals surface area contributed by atoms with Crippen LogP contribution in [0.2, 0.25) is 0 Å². The number of hydrogen-bond donors (Lipinski definition) is 1. The summed E-state index contributed by atoms with van der Waals surface area (Å²) in [6.07, 6.45) is 6.98. The van der Waals surface area contributed by atoms with E-state index in [0.717, 1.165) is 28.0 Å². The Kier molecular flexibility index (Phi) is 4.15. The van der Waals surface area contributed by atoms with Crippen LogP contribution in [-0.2, 0) is 6.54 Å². The number of imidazole rings is 1. The van der Waals surface area contributed by atoms with E-state index >= 15 is 0 Å². The van der Waals surface area contributed by atoms with Crippen LogP contribution >= 0.6 is 0 Å². The maximum absolute atomic E-state index is 12.6. The Morgan fingerprint density at radius 3 is 2.85 bits per heavy atom. The predicted octanol–water partition coefficient (Wildman–Crippen LogP) is 3.05. The molecule has 4 aromatic rings. The number of aromatic nitrogens is 4. The van der Waals surface area contributed by atoms with Crippen molar-refractivity contribution in [2.45, 2.75) is 13.5 Å². The second-order valence-electron chi connectivity index (χ2n) is 5.99. The van der Waals surface area contributed by atoms with Gasteiger partial charge in [0.25, 0.3) is 5.91 Å². The number of hydrogen-bond acceptors (Lipinski definition) is 4. The normalized spacial score (nSPS) is 10.8. The minimum absolute atomic E-state index is 0.139. The number of rotatable bonds is 4. The van der Waals surface area contributed by atoms with Gasteiger partial charge >= 0.3 is 0 Å². The fourth-order valence-electron chi connectivity index (χ4n) is 2.79. The minimum atomic E-state index is -0.139. The van der Waals surface area contributed by atoms with E-state index in [-0.39, 0.29) is 5.91 Å². The Bertz CT molecular complexity index is 1060. The molecule has 1 amide bonds. The van der Waals surface area contributed by atoms with Crippen molar-refractivity contribution in [3.63, 3.8) is 0 Å². The summed E-state index contributed by atoms with van der Waals surface area (Å²) >= 11 is 0. The number of carbonyl (C=O) groups excluding carboxylic acids is 1. The molecule has 0 atom stereocenters. The summed E-state index contributed by atoms with van der Waals surface area (Å²) in [6.45, 7) is 2.26. The van der Waals surface area contributed by atoms with Crippen molar-refractivity contribution in [2.75, 3.05) is 0 Å². The van der Waals surface area contributed by atoms with Gasteiger partial charge in [0.15, 0.2) is 0 Å². The number of pyridine rings is 2. The highest BCUT2D eigenvalue weighted by Gasteiger charge is 2.11. The third-order valence-electron chi connectivity index (χ3n) is 4.19. The molecule has 0 aliphatic heterocycles. The molecule has 0 bridgehead atoms. The highest BCUT2D eigenvalue weighted by molar-refractivity contribution is 5.98. The van der Waals surface area contributed by atoms with Crippen LogP contribution in [0, 0.1) is 6.92 Å². The van der Waals surface area contributed by atoms with Crippen molar-refractivity contribution in [1.82, 2.24) is 24.8 Å². The number of amides is 1. The lowest BCUT2D eigenvalue weighted by Gasteiger charge is -2.09. The summed E-state index contributed by atoms with van der Waals surface area (Å²) in [5.74, 6) is 0.645. The zero-order valence-corrected chi connectivity index (χ0v) is 14.3. The first kappa shape index (κ1) is 16.0. The van der Waals surface area contributed by atoms with Gasteiger partial charge < -0.3 is 5.32 Å². The van der Waals surface area contributed by atoms with E-state index in [1.807, 2.05) is 60.2 Å². The standard InChI is InChI=1S/C20H17N5O/c1-14-17(10-16-4-2-3-5-18(16)24-14)20(26)23-12-15-6-7-19(22-11-15)25-9-8-21-13-25/h2-11,13H,12H2,1H3,(H,23,26). The molecule has 0 aliphatic rings. The topological polar surface area (TPSA) is 72.7 Å². The van der Waals surface area contributed by atoms with Crippen molar-refractivity contribution in [3.8, 4) is 5.82 Å². The van der Waals surface area contributed by atoms with E-state index in [9.17, 15) is 4.79 Å². The zero-order valence-electron chi connectivity index (χ0n) is 14.3. The molecule has 0 aliphatic carbocycles. The Morgan fingerprint density at radius 1 is 1.19 bits per heavy atom. The van der Waals surface area contributed by atoms with Crippen LogP contribution in [0.4, 0.5) is 0 Å². The van der Waals surface area contributed by atoms with Gasteiger partial charge in [-0.2, -0.15) is 0 Å². The first-order valence-corrected chi connectivity index (χ1v) is 8.28. The van der Waals surface area contributed by atoms with Crippen LogP contribution in [0.25, 0.3) is 16.7 Å². The summed E-state index contributed by atoms with van der Waals surface area (Å²) < 4.78 is 1.83. The quantitative estimate of drug-likeness (QED) is 0.618. The van der Waals surface area contributed by atoms with Gasteiger partial charge in [0, 0.05) is 30.5 Å². The maximum atomic E-state index is 12.6. The van der Waals surface area contributed by atoms with Crippen molar-refractivity contribution >= 4 is 16.8 Å². The molecule has 4 rings (SSSR count). The maximum Gasteiger partial charge on any atom is 0.253 e. The summed E-state index contributed by atoms with van der Waals surface area (Å²) in [7, 11) is 0. The minimum Gasteiger partial charge on any atom is -0.348 e. The average molecular weight is 343 g/mol. The van der Waals surface area contributed by atoms with Crippen LogP contribution in [0.1, 0.15) is 21.6 Å². The molecular formula is C20H17N5O. The Morgan fingerprint density at radius 2 is 2.08 bits per heavy atom. The van der Waals surface area contributed by atoms with E-state index < -0.39 is 0 Å². The fourth-order valence-corrected chi connectivity index (χ4v) is 2.79. The molecule has 0 unspecified atom stereocenters. The summed E-state index contributed by atoms with van der Waals surface area (Å²) in [6, 6.07) is 13.5. The van der Waals surface area contributed by atoms with Crippen LogP contribution in [-0.4, -0.2) is 25.4 Å². The lowest BCUT2D eigenvalue weighted by molar-refractivity contribution is 0.0950. The van der Waals surface area contributed by atoms with Gasteiger partial charge in [-0.3, -0.25) is 14.3 Å². The lowest BCUT2D eigenvalue weighted by atomic mass is 10.1. The van der Waals surface area contributed by atoms with E-state index in [1.54, 1.807) is 18.7 Å². The molecule has 1 aromatic carbocycles. The smallest absolute Gasteiger partial charge is 0.253 e. The van der Waals surface area contributed by atoms with Crippen LogP contribution in [0.5, 0.6) is 0 Å². The molecule has 3 heterocycles. The molecule has 0 spiro atoms. The molecule has 0 fully saturated rings. The molecule has 3 aromatic heterocycles. The number of fused-ring (bicyclic) bond motifs is 1. The molecule has 0 saturated heterocycles. The predicted molar refractivity (Wildman–Crippen MR) is 99.0 cm³/mol. The van der Waals surface area contributed by atoms with Gasteiger partial charge in [0.2, 0.25) is 0 Å². The summed E-state index contributed by atoms with van der Waals surface area (Å²) in [5, 5.41) is 3.89. The lowest BCUT2D eigenvalue weighted by Crippen LogP contribution is -2.24. The molecule has 0 radical (unpaired) electrons. The monoisotopic (exact) mass is 343 g/mol. The molecule has 6 nitrogen and oxygen atoms in total. The number of benzene rings is 1. The average Bonchev–Trinajstić information content (AvgIpc) is 3.21. The van der Waals surface area contributed by atoms with Crippen LogP contribution in [0.3, 0.4) is 0 Å². The highest BCUT2D eigenvalue weighted by Crippen LogP contribution is 2.16. The van der Waals surface area contributed by atoms with E-state index in [1.165, 1.54) is 0 Å². The fraction of sp³-hybridized carbons (Fsp3) is 0.100. The Labute approximate surface area is 150 Å². The second kappa shape index (κ2) is 6.76. The van der Waals surface area contributed by atoms with Crippen molar-refractivity contribution in [1.29, 1.82) is 0 Å². The van der Waals surface area contributed by atoms with Crippen molar-refractivity contribution in [3.05, 3.63) is 84.2 Å². The SMILES string of the molecule is Cc1nc2ccccc2cc1C(=O)NCc1ccc(-n2ccnc2)nc1. The first-order chi connectivity index (χ1) is 12.7. The number of aryl methyl sites for hydroxylation is 1. The summed E-state index contributed by atoms with van der Waals surface area (Å²) in [4.78, 5) is 25.5. The number of nitrogens with one attached hydrogen (secondary N) is 1. The number of nitrogens with zero attached hydrogens (tertiary/aromatic N) is 4. The third kappa shape index (κ3) is 3.17. The van der Waals surface area contributed by atoms with Crippen LogP contribution < -0.4 is 5.32 Å². The molecule has 6 heteroatoms. The van der Waals surface area contributed by atoms with Gasteiger partial charge in [-0.15, -0.1) is 0 Å².